The molecule has 3 heteroatoms. The summed E-state index contributed by atoms with van der Waals surface area (Å²) in [6, 6.07) is 10.4. The number of rotatable bonds is 11. The van der Waals surface area contributed by atoms with Gasteiger partial charge >= 0.3 is 5.97 Å². The summed E-state index contributed by atoms with van der Waals surface area (Å²) in [5.41, 5.74) is 1.29. The summed E-state index contributed by atoms with van der Waals surface area (Å²) in [4.78, 5) is 13.4. The van der Waals surface area contributed by atoms with Crippen LogP contribution in [-0.4, -0.2) is 30.6 Å². The second-order valence-electron chi connectivity index (χ2n) is 5.19. The monoisotopic (exact) mass is 289 g/mol. The van der Waals surface area contributed by atoms with Crippen LogP contribution in [0, 0.1) is 0 Å². The standard InChI is InChI=1S/C18H27NO2/c1-3-5-6-10-13-19(14-15-21-18(20)4-2)16-17-11-8-7-9-12-17/h4,7-9,11-12H,2-3,5-6,10,13-16H2,1H3. The van der Waals surface area contributed by atoms with E-state index in [9.17, 15) is 4.79 Å². The first kappa shape index (κ1) is 17.4. The zero-order valence-electron chi connectivity index (χ0n) is 13.1. The summed E-state index contributed by atoms with van der Waals surface area (Å²) in [6.45, 7) is 8.76. The molecule has 0 aliphatic carbocycles. The molecule has 0 atom stereocenters. The highest BCUT2D eigenvalue weighted by Gasteiger charge is 2.07. The normalized spacial score (nSPS) is 10.6. The fourth-order valence-electron chi connectivity index (χ4n) is 2.21. The van der Waals surface area contributed by atoms with Gasteiger partial charge in [0, 0.05) is 19.2 Å². The van der Waals surface area contributed by atoms with Crippen LogP contribution in [0.2, 0.25) is 0 Å². The van der Waals surface area contributed by atoms with E-state index in [1.54, 1.807) is 0 Å². The largest absolute Gasteiger partial charge is 0.461 e. The molecule has 0 saturated heterocycles. The Bertz CT molecular complexity index is 403. The molecular weight excluding hydrogens is 262 g/mol. The molecular formula is C18H27NO2. The van der Waals surface area contributed by atoms with Gasteiger partial charge in [-0.15, -0.1) is 0 Å². The zero-order chi connectivity index (χ0) is 15.3. The maximum absolute atomic E-state index is 11.1. The molecule has 1 aromatic carbocycles. The predicted octanol–water partition coefficient (Wildman–Crippen LogP) is 3.80. The lowest BCUT2D eigenvalue weighted by atomic mass is 10.1. The highest BCUT2D eigenvalue weighted by molar-refractivity contribution is 5.81. The minimum atomic E-state index is -0.347. The van der Waals surface area contributed by atoms with Crippen LogP contribution >= 0.6 is 0 Å². The van der Waals surface area contributed by atoms with Gasteiger partial charge in [0.1, 0.15) is 6.61 Å². The van der Waals surface area contributed by atoms with Crippen LogP contribution in [0.3, 0.4) is 0 Å². The Balaban J connectivity index is 2.40. The number of nitrogens with zero attached hydrogens (tertiary/aromatic N) is 1. The third-order valence-electron chi connectivity index (χ3n) is 3.40. The smallest absolute Gasteiger partial charge is 0.330 e. The van der Waals surface area contributed by atoms with Gasteiger partial charge in [0.15, 0.2) is 0 Å². The van der Waals surface area contributed by atoms with E-state index in [4.69, 9.17) is 4.74 Å². The van der Waals surface area contributed by atoms with Crippen LogP contribution in [0.15, 0.2) is 43.0 Å². The Morgan fingerprint density at radius 3 is 2.62 bits per heavy atom. The van der Waals surface area contributed by atoms with Crippen molar-refractivity contribution >= 4 is 5.97 Å². The van der Waals surface area contributed by atoms with E-state index in [0.29, 0.717) is 6.61 Å². The van der Waals surface area contributed by atoms with Crippen LogP contribution < -0.4 is 0 Å². The zero-order valence-corrected chi connectivity index (χ0v) is 13.1. The fourth-order valence-corrected chi connectivity index (χ4v) is 2.21. The van der Waals surface area contributed by atoms with Crippen molar-refractivity contribution in [1.29, 1.82) is 0 Å². The van der Waals surface area contributed by atoms with Crippen molar-refractivity contribution in [2.45, 2.75) is 39.2 Å². The molecule has 1 aromatic rings. The van der Waals surface area contributed by atoms with Gasteiger partial charge in [-0.25, -0.2) is 4.79 Å². The van der Waals surface area contributed by atoms with Crippen LogP contribution in [0.25, 0.3) is 0 Å². The molecule has 3 nitrogen and oxygen atoms in total. The second-order valence-corrected chi connectivity index (χ2v) is 5.19. The molecule has 0 aliphatic rings. The summed E-state index contributed by atoms with van der Waals surface area (Å²) in [5, 5.41) is 0. The summed E-state index contributed by atoms with van der Waals surface area (Å²) in [6.07, 6.45) is 6.19. The molecule has 1 rings (SSSR count). The van der Waals surface area contributed by atoms with Crippen molar-refractivity contribution in [2.24, 2.45) is 0 Å². The van der Waals surface area contributed by atoms with Crippen molar-refractivity contribution in [3.8, 4) is 0 Å². The van der Waals surface area contributed by atoms with E-state index in [2.05, 4.69) is 42.7 Å². The first-order chi connectivity index (χ1) is 10.3. The quantitative estimate of drug-likeness (QED) is 0.352. The number of ether oxygens (including phenoxy) is 1. The maximum Gasteiger partial charge on any atom is 0.330 e. The molecule has 0 aromatic heterocycles. The van der Waals surface area contributed by atoms with Gasteiger partial charge in [0.25, 0.3) is 0 Å². The average molecular weight is 289 g/mol. The Morgan fingerprint density at radius 2 is 1.95 bits per heavy atom. The lowest BCUT2D eigenvalue weighted by Gasteiger charge is -2.22. The molecule has 0 unspecified atom stereocenters. The number of carbonyl (C=O) groups is 1. The van der Waals surface area contributed by atoms with Crippen LogP contribution in [0.5, 0.6) is 0 Å². The first-order valence-electron chi connectivity index (χ1n) is 7.81. The van der Waals surface area contributed by atoms with Gasteiger partial charge in [-0.1, -0.05) is 63.1 Å². The summed E-state index contributed by atoms with van der Waals surface area (Å²) in [7, 11) is 0. The number of carbonyl (C=O) groups excluding carboxylic acids is 1. The van der Waals surface area contributed by atoms with Gasteiger partial charge in [-0.05, 0) is 18.5 Å². The van der Waals surface area contributed by atoms with E-state index < -0.39 is 0 Å². The van der Waals surface area contributed by atoms with Crippen molar-refractivity contribution in [2.75, 3.05) is 19.7 Å². The third kappa shape index (κ3) is 8.30. The SMILES string of the molecule is C=CC(=O)OCCN(CCCCCC)Cc1ccccc1. The molecule has 0 spiro atoms. The van der Waals surface area contributed by atoms with Crippen LogP contribution in [-0.2, 0) is 16.1 Å². The Kier molecular flexibility index (Phi) is 9.21. The molecule has 0 bridgehead atoms. The van der Waals surface area contributed by atoms with E-state index in [-0.39, 0.29) is 5.97 Å². The Hall–Kier alpha value is -1.61. The summed E-state index contributed by atoms with van der Waals surface area (Å²) < 4.78 is 5.09. The van der Waals surface area contributed by atoms with Gasteiger partial charge in [0.05, 0.1) is 0 Å². The van der Waals surface area contributed by atoms with E-state index in [0.717, 1.165) is 19.6 Å². The molecule has 116 valence electrons. The van der Waals surface area contributed by atoms with Gasteiger partial charge in [-0.3, -0.25) is 4.90 Å². The number of benzene rings is 1. The minimum Gasteiger partial charge on any atom is -0.461 e. The number of esters is 1. The van der Waals surface area contributed by atoms with Crippen molar-refractivity contribution in [3.63, 3.8) is 0 Å². The predicted molar refractivity (Wildman–Crippen MR) is 87.0 cm³/mol. The van der Waals surface area contributed by atoms with Gasteiger partial charge in [-0.2, -0.15) is 0 Å². The van der Waals surface area contributed by atoms with Gasteiger partial charge in [0.2, 0.25) is 0 Å². The number of hydrogen-bond donors (Lipinski definition) is 0. The molecule has 0 aliphatic heterocycles. The highest BCUT2D eigenvalue weighted by atomic mass is 16.5. The lowest BCUT2D eigenvalue weighted by molar-refractivity contribution is -0.138. The third-order valence-corrected chi connectivity index (χ3v) is 3.40. The summed E-state index contributed by atoms with van der Waals surface area (Å²) in [5.74, 6) is -0.347. The van der Waals surface area contributed by atoms with Gasteiger partial charge < -0.3 is 4.74 Å². The number of hydrogen-bond acceptors (Lipinski definition) is 3. The summed E-state index contributed by atoms with van der Waals surface area (Å²) >= 11 is 0. The van der Waals surface area contributed by atoms with Crippen molar-refractivity contribution in [1.82, 2.24) is 4.90 Å². The molecule has 0 N–H and O–H groups in total. The molecule has 0 heterocycles. The van der Waals surface area contributed by atoms with Crippen LogP contribution in [0.4, 0.5) is 0 Å². The Labute approximate surface area is 128 Å². The highest BCUT2D eigenvalue weighted by Crippen LogP contribution is 2.07. The topological polar surface area (TPSA) is 29.5 Å². The molecule has 0 amide bonds. The Morgan fingerprint density at radius 1 is 1.19 bits per heavy atom. The van der Waals surface area contributed by atoms with E-state index >= 15 is 0 Å². The van der Waals surface area contributed by atoms with Crippen molar-refractivity contribution in [3.05, 3.63) is 48.6 Å². The number of unbranched alkanes of at least 4 members (excludes halogenated alkanes) is 3. The van der Waals surface area contributed by atoms with E-state index in [1.165, 1.54) is 37.3 Å². The minimum absolute atomic E-state index is 0.347. The fraction of sp³-hybridized carbons (Fsp3) is 0.500. The van der Waals surface area contributed by atoms with Crippen molar-refractivity contribution < 1.29 is 9.53 Å². The average Bonchev–Trinajstić information content (AvgIpc) is 2.52. The molecule has 0 fully saturated rings. The van der Waals surface area contributed by atoms with Crippen LogP contribution in [0.1, 0.15) is 38.2 Å². The lowest BCUT2D eigenvalue weighted by Crippen LogP contribution is -2.29. The molecule has 0 radical (unpaired) electrons. The second kappa shape index (κ2) is 11.1. The molecule has 0 saturated carbocycles. The first-order valence-corrected chi connectivity index (χ1v) is 7.81. The van der Waals surface area contributed by atoms with E-state index in [1.807, 2.05) is 6.07 Å². The maximum atomic E-state index is 11.1. The molecule has 21 heavy (non-hydrogen) atoms.